The Morgan fingerprint density at radius 1 is 1.44 bits per heavy atom. The summed E-state index contributed by atoms with van der Waals surface area (Å²) in [4.78, 5) is 0. The van der Waals surface area contributed by atoms with E-state index >= 15 is 0 Å². The minimum Gasteiger partial charge on any atom is -0.497 e. The highest BCUT2D eigenvalue weighted by molar-refractivity contribution is 5.29. The Kier molecular flexibility index (Phi) is 3.20. The van der Waals surface area contributed by atoms with Gasteiger partial charge in [-0.1, -0.05) is 19.1 Å². The van der Waals surface area contributed by atoms with E-state index in [9.17, 15) is 5.11 Å². The maximum atomic E-state index is 9.55. The van der Waals surface area contributed by atoms with Crippen LogP contribution in [0.4, 0.5) is 0 Å². The van der Waals surface area contributed by atoms with Crippen LogP contribution in [-0.2, 0) is 6.42 Å². The van der Waals surface area contributed by atoms with Crippen LogP contribution in [0.25, 0.3) is 0 Å². The highest BCUT2D eigenvalue weighted by Gasteiger charge is 2.40. The van der Waals surface area contributed by atoms with E-state index in [1.807, 2.05) is 12.1 Å². The molecule has 0 bridgehead atoms. The van der Waals surface area contributed by atoms with Crippen molar-refractivity contribution in [2.45, 2.75) is 26.2 Å². The van der Waals surface area contributed by atoms with E-state index in [1.165, 1.54) is 18.4 Å². The molecule has 1 unspecified atom stereocenters. The summed E-state index contributed by atoms with van der Waals surface area (Å²) in [5.41, 5.74) is 1.30. The number of benzene rings is 1. The first-order valence-corrected chi connectivity index (χ1v) is 5.92. The van der Waals surface area contributed by atoms with Gasteiger partial charge in [-0.15, -0.1) is 0 Å². The van der Waals surface area contributed by atoms with E-state index in [0.29, 0.717) is 5.92 Å². The molecule has 1 N–H and O–H groups in total. The van der Waals surface area contributed by atoms with Crippen molar-refractivity contribution in [3.8, 4) is 5.75 Å². The Morgan fingerprint density at radius 2 is 2.19 bits per heavy atom. The Morgan fingerprint density at radius 3 is 2.75 bits per heavy atom. The van der Waals surface area contributed by atoms with Gasteiger partial charge >= 0.3 is 0 Å². The second-order valence-electron chi connectivity index (χ2n) is 5.11. The molecule has 0 radical (unpaired) electrons. The minimum absolute atomic E-state index is 0.0480. The van der Waals surface area contributed by atoms with Crippen LogP contribution < -0.4 is 4.74 Å². The molecule has 16 heavy (non-hydrogen) atoms. The topological polar surface area (TPSA) is 29.5 Å². The summed E-state index contributed by atoms with van der Waals surface area (Å²) in [5, 5.41) is 9.55. The van der Waals surface area contributed by atoms with Gasteiger partial charge < -0.3 is 9.84 Å². The van der Waals surface area contributed by atoms with Gasteiger partial charge in [-0.25, -0.2) is 0 Å². The Balaban J connectivity index is 2.12. The van der Waals surface area contributed by atoms with Gasteiger partial charge in [0.25, 0.3) is 0 Å². The zero-order chi connectivity index (χ0) is 11.6. The summed E-state index contributed by atoms with van der Waals surface area (Å²) >= 11 is 0. The molecule has 1 atom stereocenters. The molecule has 1 aliphatic carbocycles. The first kappa shape index (κ1) is 11.5. The van der Waals surface area contributed by atoms with Gasteiger partial charge in [0.2, 0.25) is 0 Å². The largest absolute Gasteiger partial charge is 0.497 e. The normalized spacial score (nSPS) is 19.2. The van der Waals surface area contributed by atoms with Gasteiger partial charge in [0.1, 0.15) is 5.75 Å². The lowest BCUT2D eigenvalue weighted by molar-refractivity contribution is 0.119. The van der Waals surface area contributed by atoms with Crippen molar-refractivity contribution < 1.29 is 9.84 Å². The number of rotatable bonds is 5. The maximum Gasteiger partial charge on any atom is 0.119 e. The third-order valence-electron chi connectivity index (χ3n) is 3.67. The van der Waals surface area contributed by atoms with Crippen LogP contribution in [0, 0.1) is 11.3 Å². The van der Waals surface area contributed by atoms with Crippen LogP contribution >= 0.6 is 0 Å². The van der Waals surface area contributed by atoms with E-state index in [-0.39, 0.29) is 12.0 Å². The summed E-state index contributed by atoms with van der Waals surface area (Å²) in [6.45, 7) is 2.46. The number of ether oxygens (including phenoxy) is 1. The zero-order valence-electron chi connectivity index (χ0n) is 10.1. The summed E-state index contributed by atoms with van der Waals surface area (Å²) < 4.78 is 5.22. The molecule has 1 saturated carbocycles. The second kappa shape index (κ2) is 4.46. The highest BCUT2D eigenvalue weighted by Crippen LogP contribution is 2.47. The van der Waals surface area contributed by atoms with Gasteiger partial charge in [0.15, 0.2) is 0 Å². The Labute approximate surface area is 97.3 Å². The van der Waals surface area contributed by atoms with E-state index < -0.39 is 0 Å². The van der Waals surface area contributed by atoms with Crippen LogP contribution in [0.1, 0.15) is 25.3 Å². The highest BCUT2D eigenvalue weighted by atomic mass is 16.5. The molecule has 0 saturated heterocycles. The lowest BCUT2D eigenvalue weighted by Gasteiger charge is -2.27. The van der Waals surface area contributed by atoms with Gasteiger partial charge in [-0.3, -0.25) is 0 Å². The fraction of sp³-hybridized carbons (Fsp3) is 0.571. The number of aliphatic hydroxyl groups is 1. The van der Waals surface area contributed by atoms with E-state index in [2.05, 4.69) is 19.1 Å². The summed E-state index contributed by atoms with van der Waals surface area (Å²) in [7, 11) is 1.69. The Bertz CT molecular complexity index is 358. The number of methoxy groups -OCH3 is 1. The van der Waals surface area contributed by atoms with Crippen molar-refractivity contribution in [1.29, 1.82) is 0 Å². The van der Waals surface area contributed by atoms with Gasteiger partial charge in [0.05, 0.1) is 7.11 Å². The first-order chi connectivity index (χ1) is 7.68. The molecule has 1 aliphatic rings. The Hall–Kier alpha value is -1.02. The molecular formula is C14H20O2. The third-order valence-corrected chi connectivity index (χ3v) is 3.67. The summed E-state index contributed by atoms with van der Waals surface area (Å²) in [6.07, 6.45) is 3.47. The number of hydrogen-bond donors (Lipinski definition) is 1. The summed E-state index contributed by atoms with van der Waals surface area (Å²) in [5.74, 6) is 1.59. The van der Waals surface area contributed by atoms with E-state index in [1.54, 1.807) is 7.11 Å². The molecule has 2 rings (SSSR count). The lowest BCUT2D eigenvalue weighted by Crippen LogP contribution is -2.26. The van der Waals surface area contributed by atoms with Crippen LogP contribution in [0.5, 0.6) is 5.75 Å². The standard InChI is InChI=1S/C14H20O2/c1-14(10-15,12-6-7-12)9-11-4-3-5-13(8-11)16-2/h3-5,8,12,15H,6-7,9-10H2,1-2H3. The molecule has 1 aromatic rings. The minimum atomic E-state index is 0.0480. The molecular weight excluding hydrogens is 200 g/mol. The van der Waals surface area contributed by atoms with Gasteiger partial charge in [-0.05, 0) is 48.3 Å². The molecule has 0 spiro atoms. The first-order valence-electron chi connectivity index (χ1n) is 5.92. The smallest absolute Gasteiger partial charge is 0.119 e. The van der Waals surface area contributed by atoms with Crippen LogP contribution in [0.15, 0.2) is 24.3 Å². The lowest BCUT2D eigenvalue weighted by atomic mass is 9.80. The van der Waals surface area contributed by atoms with Crippen molar-refractivity contribution in [1.82, 2.24) is 0 Å². The monoisotopic (exact) mass is 220 g/mol. The van der Waals surface area contributed by atoms with Crippen LogP contribution in [-0.4, -0.2) is 18.8 Å². The van der Waals surface area contributed by atoms with Gasteiger partial charge in [-0.2, -0.15) is 0 Å². The molecule has 1 aromatic carbocycles. The van der Waals surface area contributed by atoms with Crippen LogP contribution in [0.2, 0.25) is 0 Å². The second-order valence-corrected chi connectivity index (χ2v) is 5.11. The number of hydrogen-bond acceptors (Lipinski definition) is 2. The molecule has 88 valence electrons. The molecule has 2 nitrogen and oxygen atoms in total. The SMILES string of the molecule is COc1cccc(CC(C)(CO)C2CC2)c1. The van der Waals surface area contributed by atoms with Crippen molar-refractivity contribution in [2.24, 2.45) is 11.3 Å². The average molecular weight is 220 g/mol. The van der Waals surface area contributed by atoms with Crippen molar-refractivity contribution in [3.63, 3.8) is 0 Å². The van der Waals surface area contributed by atoms with Crippen molar-refractivity contribution in [3.05, 3.63) is 29.8 Å². The predicted molar refractivity (Wildman–Crippen MR) is 64.6 cm³/mol. The molecule has 0 aromatic heterocycles. The van der Waals surface area contributed by atoms with E-state index in [4.69, 9.17) is 4.74 Å². The van der Waals surface area contributed by atoms with Crippen molar-refractivity contribution >= 4 is 0 Å². The van der Waals surface area contributed by atoms with Crippen molar-refractivity contribution in [2.75, 3.05) is 13.7 Å². The zero-order valence-corrected chi connectivity index (χ0v) is 10.1. The molecule has 0 heterocycles. The average Bonchev–Trinajstić information content (AvgIpc) is 3.13. The van der Waals surface area contributed by atoms with Crippen LogP contribution in [0.3, 0.4) is 0 Å². The quantitative estimate of drug-likeness (QED) is 0.826. The fourth-order valence-corrected chi connectivity index (χ4v) is 2.36. The molecule has 2 heteroatoms. The molecule has 0 aliphatic heterocycles. The molecule has 1 fully saturated rings. The molecule has 0 amide bonds. The maximum absolute atomic E-state index is 9.55. The van der Waals surface area contributed by atoms with E-state index in [0.717, 1.165) is 12.2 Å². The number of aliphatic hydroxyl groups excluding tert-OH is 1. The van der Waals surface area contributed by atoms with Gasteiger partial charge in [0, 0.05) is 6.61 Å². The summed E-state index contributed by atoms with van der Waals surface area (Å²) in [6, 6.07) is 8.14. The predicted octanol–water partition coefficient (Wildman–Crippen LogP) is 2.65. The fourth-order valence-electron chi connectivity index (χ4n) is 2.36. The third kappa shape index (κ3) is 2.38.